The van der Waals surface area contributed by atoms with Crippen LogP contribution in [0.3, 0.4) is 0 Å². The fraction of sp³-hybridized carbons (Fsp3) is 0.667. The highest BCUT2D eigenvalue weighted by atomic mass is 16.7. The molecule has 1 saturated carbocycles. The van der Waals surface area contributed by atoms with Crippen molar-refractivity contribution in [3.63, 3.8) is 0 Å². The third kappa shape index (κ3) is 2.45. The van der Waals surface area contributed by atoms with E-state index in [1.807, 2.05) is 0 Å². The number of hydrogen-bond acceptors (Lipinski definition) is 8. The average molecular weight is 444 g/mol. The van der Waals surface area contributed by atoms with Gasteiger partial charge in [0.15, 0.2) is 5.78 Å². The number of rotatable bonds is 1. The number of cyclic esters (lactones) is 1. The van der Waals surface area contributed by atoms with Gasteiger partial charge in [0.05, 0.1) is 23.9 Å². The molecule has 0 spiro atoms. The Labute approximate surface area is 186 Å². The van der Waals surface area contributed by atoms with E-state index in [-0.39, 0.29) is 30.8 Å². The van der Waals surface area contributed by atoms with E-state index >= 15 is 0 Å². The molecule has 2 saturated heterocycles. The van der Waals surface area contributed by atoms with Crippen molar-refractivity contribution in [1.82, 2.24) is 0 Å². The molecular weight excluding hydrogens is 416 g/mol. The Balaban J connectivity index is 1.81. The van der Waals surface area contributed by atoms with E-state index in [0.717, 1.165) is 0 Å². The van der Waals surface area contributed by atoms with Crippen LogP contribution in [0.15, 0.2) is 22.3 Å². The van der Waals surface area contributed by atoms with Crippen LogP contribution in [0.4, 0.5) is 0 Å². The molecular formula is C24H28O8. The van der Waals surface area contributed by atoms with Crippen molar-refractivity contribution in [2.75, 3.05) is 6.61 Å². The van der Waals surface area contributed by atoms with Gasteiger partial charge in [-0.2, -0.15) is 0 Å². The first-order valence-corrected chi connectivity index (χ1v) is 11.1. The lowest BCUT2D eigenvalue weighted by atomic mass is 9.48. The summed E-state index contributed by atoms with van der Waals surface area (Å²) in [6.07, 6.45) is -1.63. The van der Waals surface area contributed by atoms with Gasteiger partial charge in [-0.05, 0) is 63.3 Å². The van der Waals surface area contributed by atoms with Gasteiger partial charge in [-0.1, -0.05) is 0 Å². The minimum atomic E-state index is -1.25. The van der Waals surface area contributed by atoms with E-state index < -0.39 is 59.2 Å². The first kappa shape index (κ1) is 21.5. The van der Waals surface area contributed by atoms with E-state index in [1.54, 1.807) is 34.6 Å². The largest absolute Gasteiger partial charge is 0.455 e. The number of aliphatic hydroxyl groups excluding tert-OH is 1. The van der Waals surface area contributed by atoms with Gasteiger partial charge < -0.3 is 19.3 Å². The number of ether oxygens (including phenoxy) is 3. The van der Waals surface area contributed by atoms with Crippen molar-refractivity contribution in [2.45, 2.75) is 71.9 Å². The van der Waals surface area contributed by atoms with Crippen LogP contribution < -0.4 is 0 Å². The van der Waals surface area contributed by atoms with Gasteiger partial charge >= 0.3 is 11.9 Å². The van der Waals surface area contributed by atoms with E-state index in [0.29, 0.717) is 22.3 Å². The highest BCUT2D eigenvalue weighted by Crippen LogP contribution is 2.65. The van der Waals surface area contributed by atoms with Crippen LogP contribution in [0.1, 0.15) is 53.9 Å². The van der Waals surface area contributed by atoms with Gasteiger partial charge in [-0.15, -0.1) is 0 Å². The number of hydrogen-bond donors (Lipinski definition) is 1. The molecule has 0 aromatic rings. The fourth-order valence-electron chi connectivity index (χ4n) is 6.74. The Morgan fingerprint density at radius 3 is 2.38 bits per heavy atom. The lowest BCUT2D eigenvalue weighted by molar-refractivity contribution is -0.211. The van der Waals surface area contributed by atoms with Crippen LogP contribution in [-0.4, -0.2) is 53.2 Å². The van der Waals surface area contributed by atoms with Crippen LogP contribution in [0, 0.1) is 22.7 Å². The Bertz CT molecular complexity index is 1050. The maximum atomic E-state index is 14.0. The average Bonchev–Trinajstić information content (AvgIpc) is 2.88. The van der Waals surface area contributed by atoms with Crippen molar-refractivity contribution >= 4 is 23.5 Å². The molecule has 0 aromatic heterocycles. The molecule has 1 N–H and O–H groups in total. The number of aliphatic hydroxyl groups is 1. The molecule has 172 valence electrons. The Morgan fingerprint density at radius 1 is 1.03 bits per heavy atom. The molecule has 0 amide bonds. The van der Waals surface area contributed by atoms with Crippen molar-refractivity contribution in [3.8, 4) is 0 Å². The zero-order valence-corrected chi connectivity index (χ0v) is 18.9. The minimum Gasteiger partial charge on any atom is -0.455 e. The van der Waals surface area contributed by atoms with E-state index in [2.05, 4.69) is 0 Å². The van der Waals surface area contributed by atoms with E-state index in [1.165, 1.54) is 0 Å². The van der Waals surface area contributed by atoms with Gasteiger partial charge in [0, 0.05) is 18.3 Å². The maximum Gasteiger partial charge on any atom is 0.314 e. The zero-order valence-electron chi connectivity index (χ0n) is 18.9. The van der Waals surface area contributed by atoms with Crippen molar-refractivity contribution in [3.05, 3.63) is 22.3 Å². The van der Waals surface area contributed by atoms with Crippen LogP contribution >= 0.6 is 0 Å². The van der Waals surface area contributed by atoms with E-state index in [9.17, 15) is 24.3 Å². The molecule has 5 aliphatic rings. The lowest BCUT2D eigenvalue weighted by Crippen LogP contribution is -2.61. The van der Waals surface area contributed by atoms with Gasteiger partial charge in [0.2, 0.25) is 6.29 Å². The summed E-state index contributed by atoms with van der Waals surface area (Å²) in [4.78, 5) is 52.9. The summed E-state index contributed by atoms with van der Waals surface area (Å²) in [6.45, 7) is 8.14. The SMILES string of the molecule is C[C@H]1O[C@H]2OC(=O)[C@]3(C)CC4=C(CO)C5=C(CC(=O)[C@@]4(C)[C@H](C1=O)[C@H]23)C(C)(C)OC(=O)C5. The normalized spacial score (nSPS) is 42.7. The van der Waals surface area contributed by atoms with Crippen LogP contribution in [-0.2, 0) is 33.4 Å². The van der Waals surface area contributed by atoms with Crippen molar-refractivity contribution in [1.29, 1.82) is 0 Å². The first-order valence-electron chi connectivity index (χ1n) is 11.1. The minimum absolute atomic E-state index is 0.00103. The monoisotopic (exact) mass is 444 g/mol. The predicted molar refractivity (Wildman–Crippen MR) is 109 cm³/mol. The predicted octanol–water partition coefficient (Wildman–Crippen LogP) is 1.79. The van der Waals surface area contributed by atoms with E-state index in [4.69, 9.17) is 14.2 Å². The number of carbonyl (C=O) groups is 4. The summed E-state index contributed by atoms with van der Waals surface area (Å²) >= 11 is 0. The summed E-state index contributed by atoms with van der Waals surface area (Å²) in [5, 5.41) is 10.5. The number of fused-ring (bicyclic) bond motifs is 2. The summed E-state index contributed by atoms with van der Waals surface area (Å²) in [5.41, 5.74) is -1.06. The van der Waals surface area contributed by atoms with Crippen LogP contribution in [0.25, 0.3) is 0 Å². The molecule has 3 fully saturated rings. The quantitative estimate of drug-likeness (QED) is 0.609. The zero-order chi connectivity index (χ0) is 23.4. The molecule has 0 aromatic carbocycles. The summed E-state index contributed by atoms with van der Waals surface area (Å²) < 4.78 is 16.8. The highest BCUT2D eigenvalue weighted by Gasteiger charge is 2.71. The lowest BCUT2D eigenvalue weighted by Gasteiger charge is -2.53. The number of ketones is 2. The first-order chi connectivity index (χ1) is 14.9. The fourth-order valence-corrected chi connectivity index (χ4v) is 6.74. The second-order valence-electron chi connectivity index (χ2n) is 10.6. The molecule has 3 heterocycles. The third-order valence-corrected chi connectivity index (χ3v) is 8.50. The Hall–Kier alpha value is -2.32. The summed E-state index contributed by atoms with van der Waals surface area (Å²) in [5.74, 6) is -2.76. The van der Waals surface area contributed by atoms with Crippen LogP contribution in [0.5, 0.6) is 0 Å². The van der Waals surface area contributed by atoms with Gasteiger partial charge in [0.1, 0.15) is 17.5 Å². The summed E-state index contributed by atoms with van der Waals surface area (Å²) in [7, 11) is 0. The topological polar surface area (TPSA) is 116 Å². The number of Topliss-reactive ketones (excluding diaryl/α,β-unsaturated/α-hetero) is 2. The Morgan fingerprint density at radius 2 is 1.72 bits per heavy atom. The second-order valence-corrected chi connectivity index (χ2v) is 10.6. The number of esters is 2. The van der Waals surface area contributed by atoms with Crippen LogP contribution in [0.2, 0.25) is 0 Å². The highest BCUT2D eigenvalue weighted by molar-refractivity contribution is 6.01. The standard InChI is InChI=1S/C24H28O8/c1-10-19(28)17-18-20(30-10)31-21(29)23(18,4)8-14-12(9-25)11-6-16(27)32-22(2,3)13(11)7-15(26)24(14,17)5/h10,17-18,20,25H,6-9H2,1-5H3/t10-,17+,18-,20+,23-,24+/m1/s1. The third-order valence-electron chi connectivity index (χ3n) is 8.50. The maximum absolute atomic E-state index is 14.0. The molecule has 2 aliphatic carbocycles. The van der Waals surface area contributed by atoms with Crippen molar-refractivity contribution < 1.29 is 38.5 Å². The smallest absolute Gasteiger partial charge is 0.314 e. The molecule has 8 heteroatoms. The molecule has 6 atom stereocenters. The summed E-state index contributed by atoms with van der Waals surface area (Å²) in [6, 6.07) is 0. The number of allylic oxidation sites excluding steroid dienone is 1. The molecule has 0 radical (unpaired) electrons. The van der Waals surface area contributed by atoms with Gasteiger partial charge in [-0.25, -0.2) is 0 Å². The van der Waals surface area contributed by atoms with Crippen molar-refractivity contribution in [2.24, 2.45) is 22.7 Å². The Kier molecular flexibility index (Phi) is 4.29. The molecule has 5 rings (SSSR count). The molecule has 0 bridgehead atoms. The molecule has 0 unspecified atom stereocenters. The molecule has 3 aliphatic heterocycles. The molecule has 8 nitrogen and oxygen atoms in total. The second kappa shape index (κ2) is 6.38. The number of carbonyl (C=O) groups excluding carboxylic acids is 4. The van der Waals surface area contributed by atoms with Gasteiger partial charge in [0.25, 0.3) is 0 Å². The molecule has 32 heavy (non-hydrogen) atoms. The van der Waals surface area contributed by atoms with Gasteiger partial charge in [-0.3, -0.25) is 19.2 Å².